The Labute approximate surface area is 121 Å². The predicted molar refractivity (Wildman–Crippen MR) is 80.3 cm³/mol. The molecule has 0 N–H and O–H groups in total. The van der Waals surface area contributed by atoms with Crippen molar-refractivity contribution in [3.8, 4) is 0 Å². The maximum absolute atomic E-state index is 12.1. The van der Waals surface area contributed by atoms with E-state index in [2.05, 4.69) is 4.90 Å². The normalized spacial score (nSPS) is 11.0. The number of Topliss-reactive ketones (excluding diaryl/α,β-unsaturated/α-hetero) is 1. The summed E-state index contributed by atoms with van der Waals surface area (Å²) in [5, 5.41) is 0. The van der Waals surface area contributed by atoms with Crippen molar-refractivity contribution in [3.05, 3.63) is 35.4 Å². The van der Waals surface area contributed by atoms with Gasteiger partial charge in [0.2, 0.25) is 0 Å². The molecular formula is C16H25NO3. The Morgan fingerprint density at radius 3 is 2.05 bits per heavy atom. The van der Waals surface area contributed by atoms with Crippen molar-refractivity contribution in [1.29, 1.82) is 0 Å². The van der Waals surface area contributed by atoms with Crippen molar-refractivity contribution in [2.24, 2.45) is 0 Å². The molecule has 0 aromatic heterocycles. The number of benzene rings is 1. The summed E-state index contributed by atoms with van der Waals surface area (Å²) in [6.45, 7) is 5.73. The first-order valence-electron chi connectivity index (χ1n) is 6.97. The molecule has 20 heavy (non-hydrogen) atoms. The first-order valence-corrected chi connectivity index (χ1v) is 6.97. The molecule has 1 aromatic carbocycles. The molecule has 0 saturated heterocycles. The van der Waals surface area contributed by atoms with Gasteiger partial charge in [-0.2, -0.15) is 0 Å². The van der Waals surface area contributed by atoms with Crippen molar-refractivity contribution < 1.29 is 14.3 Å². The van der Waals surface area contributed by atoms with Crippen LogP contribution in [-0.2, 0) is 9.47 Å². The molecule has 0 radical (unpaired) electrons. The minimum Gasteiger partial charge on any atom is -0.383 e. The monoisotopic (exact) mass is 279 g/mol. The summed E-state index contributed by atoms with van der Waals surface area (Å²) < 4.78 is 10.2. The Morgan fingerprint density at radius 2 is 1.55 bits per heavy atom. The first-order chi connectivity index (χ1) is 9.67. The van der Waals surface area contributed by atoms with Crippen LogP contribution in [0.1, 0.15) is 22.3 Å². The number of ketones is 1. The summed E-state index contributed by atoms with van der Waals surface area (Å²) in [7, 11) is 3.37. The van der Waals surface area contributed by atoms with E-state index in [4.69, 9.17) is 9.47 Å². The number of carbonyl (C=O) groups is 1. The number of nitrogens with zero attached hydrogens (tertiary/aromatic N) is 1. The Balaban J connectivity index is 2.44. The number of ether oxygens (including phenoxy) is 2. The minimum absolute atomic E-state index is 0.185. The van der Waals surface area contributed by atoms with E-state index in [1.807, 2.05) is 31.2 Å². The lowest BCUT2D eigenvalue weighted by atomic mass is 10.1. The SMILES string of the molecule is COCCN(CCOC)CCC(=O)c1ccc(C)cc1. The van der Waals surface area contributed by atoms with E-state index < -0.39 is 0 Å². The lowest BCUT2D eigenvalue weighted by Gasteiger charge is -2.21. The van der Waals surface area contributed by atoms with E-state index in [0.717, 1.165) is 25.2 Å². The van der Waals surface area contributed by atoms with Gasteiger partial charge in [0, 0.05) is 45.8 Å². The first kappa shape index (κ1) is 16.8. The standard InChI is InChI=1S/C16H25NO3/c1-14-4-6-15(7-5-14)16(18)8-9-17(10-12-19-2)11-13-20-3/h4-7H,8-13H2,1-3H3. The fraction of sp³-hybridized carbons (Fsp3) is 0.562. The molecule has 0 amide bonds. The Kier molecular flexibility index (Phi) is 8.11. The fourth-order valence-corrected chi connectivity index (χ4v) is 1.92. The quantitative estimate of drug-likeness (QED) is 0.615. The molecule has 112 valence electrons. The molecule has 0 aliphatic rings. The second-order valence-electron chi connectivity index (χ2n) is 4.87. The molecule has 0 aliphatic heterocycles. The van der Waals surface area contributed by atoms with Gasteiger partial charge in [0.1, 0.15) is 0 Å². The number of hydrogen-bond acceptors (Lipinski definition) is 4. The molecule has 1 rings (SSSR count). The van der Waals surface area contributed by atoms with Crippen LogP contribution in [-0.4, -0.2) is 57.8 Å². The van der Waals surface area contributed by atoms with Crippen LogP contribution in [0.15, 0.2) is 24.3 Å². The Morgan fingerprint density at radius 1 is 1.00 bits per heavy atom. The maximum atomic E-state index is 12.1. The van der Waals surface area contributed by atoms with Crippen molar-refractivity contribution in [2.75, 3.05) is 47.1 Å². The summed E-state index contributed by atoms with van der Waals surface area (Å²) in [6.07, 6.45) is 0.524. The van der Waals surface area contributed by atoms with Crippen LogP contribution in [0.4, 0.5) is 0 Å². The van der Waals surface area contributed by atoms with Crippen LogP contribution >= 0.6 is 0 Å². The predicted octanol–water partition coefficient (Wildman–Crippen LogP) is 2.16. The minimum atomic E-state index is 0.185. The molecule has 4 nitrogen and oxygen atoms in total. The zero-order valence-electron chi connectivity index (χ0n) is 12.7. The zero-order valence-corrected chi connectivity index (χ0v) is 12.7. The third kappa shape index (κ3) is 6.28. The zero-order chi connectivity index (χ0) is 14.8. The van der Waals surface area contributed by atoms with Gasteiger partial charge in [0.15, 0.2) is 5.78 Å². The molecule has 0 atom stereocenters. The van der Waals surface area contributed by atoms with Gasteiger partial charge in [-0.25, -0.2) is 0 Å². The van der Waals surface area contributed by atoms with Crippen LogP contribution in [0, 0.1) is 6.92 Å². The number of methoxy groups -OCH3 is 2. The number of rotatable bonds is 10. The van der Waals surface area contributed by atoms with E-state index in [-0.39, 0.29) is 5.78 Å². The van der Waals surface area contributed by atoms with Crippen molar-refractivity contribution in [3.63, 3.8) is 0 Å². The highest BCUT2D eigenvalue weighted by molar-refractivity contribution is 5.96. The topological polar surface area (TPSA) is 38.8 Å². The molecule has 0 unspecified atom stereocenters. The van der Waals surface area contributed by atoms with Gasteiger partial charge >= 0.3 is 0 Å². The molecule has 0 fully saturated rings. The van der Waals surface area contributed by atoms with E-state index >= 15 is 0 Å². The molecule has 0 heterocycles. The molecule has 0 spiro atoms. The highest BCUT2D eigenvalue weighted by atomic mass is 16.5. The van der Waals surface area contributed by atoms with Crippen LogP contribution in [0.25, 0.3) is 0 Å². The third-order valence-corrected chi connectivity index (χ3v) is 3.25. The molecular weight excluding hydrogens is 254 g/mol. The van der Waals surface area contributed by atoms with Crippen molar-refractivity contribution in [1.82, 2.24) is 4.90 Å². The molecule has 4 heteroatoms. The van der Waals surface area contributed by atoms with Gasteiger partial charge in [-0.1, -0.05) is 29.8 Å². The van der Waals surface area contributed by atoms with Crippen LogP contribution in [0.2, 0.25) is 0 Å². The summed E-state index contributed by atoms with van der Waals surface area (Å²) in [4.78, 5) is 14.3. The lowest BCUT2D eigenvalue weighted by molar-refractivity contribution is 0.0911. The highest BCUT2D eigenvalue weighted by Gasteiger charge is 2.10. The van der Waals surface area contributed by atoms with Gasteiger partial charge in [0.25, 0.3) is 0 Å². The Hall–Kier alpha value is -1.23. The average Bonchev–Trinajstić information content (AvgIpc) is 2.47. The molecule has 1 aromatic rings. The van der Waals surface area contributed by atoms with E-state index in [9.17, 15) is 4.79 Å². The summed E-state index contributed by atoms with van der Waals surface area (Å²) in [6, 6.07) is 7.74. The number of carbonyl (C=O) groups excluding carboxylic acids is 1. The molecule has 0 saturated carbocycles. The fourth-order valence-electron chi connectivity index (χ4n) is 1.92. The second-order valence-corrected chi connectivity index (χ2v) is 4.87. The number of hydrogen-bond donors (Lipinski definition) is 0. The van der Waals surface area contributed by atoms with Gasteiger partial charge < -0.3 is 9.47 Å². The second kappa shape index (κ2) is 9.64. The maximum Gasteiger partial charge on any atom is 0.164 e. The van der Waals surface area contributed by atoms with Crippen LogP contribution in [0.3, 0.4) is 0 Å². The third-order valence-electron chi connectivity index (χ3n) is 3.25. The summed E-state index contributed by atoms with van der Waals surface area (Å²) in [5.41, 5.74) is 1.96. The van der Waals surface area contributed by atoms with E-state index in [1.165, 1.54) is 5.56 Å². The number of aryl methyl sites for hydroxylation is 1. The van der Waals surface area contributed by atoms with Crippen molar-refractivity contribution >= 4 is 5.78 Å². The van der Waals surface area contributed by atoms with Gasteiger partial charge in [-0.05, 0) is 6.92 Å². The van der Waals surface area contributed by atoms with Gasteiger partial charge in [-0.3, -0.25) is 9.69 Å². The average molecular weight is 279 g/mol. The highest BCUT2D eigenvalue weighted by Crippen LogP contribution is 2.07. The van der Waals surface area contributed by atoms with Crippen LogP contribution < -0.4 is 0 Å². The van der Waals surface area contributed by atoms with Crippen molar-refractivity contribution in [2.45, 2.75) is 13.3 Å². The van der Waals surface area contributed by atoms with E-state index in [0.29, 0.717) is 19.6 Å². The summed E-state index contributed by atoms with van der Waals surface area (Å²) in [5.74, 6) is 0.185. The summed E-state index contributed by atoms with van der Waals surface area (Å²) >= 11 is 0. The molecule has 0 bridgehead atoms. The lowest BCUT2D eigenvalue weighted by Crippen LogP contribution is -2.32. The van der Waals surface area contributed by atoms with E-state index in [1.54, 1.807) is 14.2 Å². The molecule has 0 aliphatic carbocycles. The van der Waals surface area contributed by atoms with Crippen LogP contribution in [0.5, 0.6) is 0 Å². The largest absolute Gasteiger partial charge is 0.383 e. The van der Waals surface area contributed by atoms with Gasteiger partial charge in [0.05, 0.1) is 13.2 Å². The van der Waals surface area contributed by atoms with Gasteiger partial charge in [-0.15, -0.1) is 0 Å². The Bertz CT molecular complexity index is 381. The smallest absolute Gasteiger partial charge is 0.164 e.